The van der Waals surface area contributed by atoms with Gasteiger partial charge in [-0.2, -0.15) is 0 Å². The van der Waals surface area contributed by atoms with Crippen LogP contribution in [0.15, 0.2) is 28.7 Å². The van der Waals surface area contributed by atoms with Crippen LogP contribution in [0.2, 0.25) is 0 Å². The topological polar surface area (TPSA) is 90.5 Å². The Morgan fingerprint density at radius 3 is 2.33 bits per heavy atom. The van der Waals surface area contributed by atoms with E-state index in [1.165, 1.54) is 0 Å². The number of urea groups is 2. The lowest BCUT2D eigenvalue weighted by Gasteiger charge is -2.16. The molecule has 1 saturated heterocycles. The monoisotopic (exact) mass is 411 g/mol. The minimum Gasteiger partial charge on any atom is -0.306 e. The van der Waals surface area contributed by atoms with E-state index in [0.717, 1.165) is 34.9 Å². The summed E-state index contributed by atoms with van der Waals surface area (Å²) in [5, 5.41) is 4.90. The molecule has 4 amide bonds. The number of hydrazine groups is 1. The Kier molecular flexibility index (Phi) is 3.77. The highest BCUT2D eigenvalue weighted by Crippen LogP contribution is 2.65. The molecule has 1 atom stereocenters. The summed E-state index contributed by atoms with van der Waals surface area (Å²) in [6, 6.07) is 5.98. The van der Waals surface area contributed by atoms with E-state index in [9.17, 15) is 14.2 Å². The minimum absolute atomic E-state index is 0.263. The number of carbonyl (C=O) groups is 2. The lowest BCUT2D eigenvalue weighted by Crippen LogP contribution is -2.45. The Morgan fingerprint density at radius 2 is 1.79 bits per heavy atom. The van der Waals surface area contributed by atoms with E-state index in [1.54, 1.807) is 24.3 Å². The molecule has 9 heteroatoms. The number of amides is 4. The number of carbonyl (C=O) groups excluding carboxylic acids is 2. The maximum absolute atomic E-state index is 13.0. The van der Waals surface area contributed by atoms with Crippen LogP contribution < -0.4 is 16.1 Å². The number of hydrogen-bond donors (Lipinski definition) is 3. The summed E-state index contributed by atoms with van der Waals surface area (Å²) in [7, 11) is -2.04. The number of benzene rings is 1. The van der Waals surface area contributed by atoms with Gasteiger partial charge >= 0.3 is 20.0 Å². The fourth-order valence-corrected chi connectivity index (χ4v) is 5.63. The quantitative estimate of drug-likeness (QED) is 0.658. The number of nitrogens with one attached hydrogen (secondary N) is 3. The predicted octanol–water partition coefficient (Wildman–Crippen LogP) is 3.77. The molecule has 0 radical (unpaired) electrons. The van der Waals surface area contributed by atoms with Gasteiger partial charge in [-0.15, -0.1) is 0 Å². The first-order chi connectivity index (χ1) is 11.5. The summed E-state index contributed by atoms with van der Waals surface area (Å²) in [5.74, 6) is 0.526. The summed E-state index contributed by atoms with van der Waals surface area (Å²) in [4.78, 5) is 24.4. The lowest BCUT2D eigenvalue weighted by atomic mass is 10.1. The van der Waals surface area contributed by atoms with E-state index >= 15 is 0 Å². The normalized spacial score (nSPS) is 23.8. The molecule has 0 spiro atoms. The van der Waals surface area contributed by atoms with Crippen molar-refractivity contribution in [2.45, 2.75) is 31.0 Å². The van der Waals surface area contributed by atoms with Gasteiger partial charge in [-0.25, -0.2) is 15.0 Å². The van der Waals surface area contributed by atoms with Gasteiger partial charge in [-0.1, -0.05) is 15.9 Å². The number of halogens is 1. The summed E-state index contributed by atoms with van der Waals surface area (Å²) < 4.78 is 14.8. The van der Waals surface area contributed by atoms with Crippen LogP contribution in [0.25, 0.3) is 0 Å². The summed E-state index contributed by atoms with van der Waals surface area (Å²) in [5.41, 5.74) is 3.02. The van der Waals surface area contributed by atoms with E-state index < -0.39 is 25.3 Å². The van der Waals surface area contributed by atoms with Crippen molar-refractivity contribution < 1.29 is 14.2 Å². The molecule has 2 aliphatic carbocycles. The van der Waals surface area contributed by atoms with Crippen molar-refractivity contribution in [2.24, 2.45) is 11.8 Å². The average molecular weight is 412 g/mol. The van der Waals surface area contributed by atoms with Crippen LogP contribution in [0.3, 0.4) is 0 Å². The largest absolute Gasteiger partial charge is 0.515 e. The van der Waals surface area contributed by atoms with Crippen LogP contribution in [0.4, 0.5) is 15.3 Å². The Bertz CT molecular complexity index is 706. The molecule has 1 aromatic rings. The van der Waals surface area contributed by atoms with E-state index in [-0.39, 0.29) is 11.8 Å². The van der Waals surface area contributed by atoms with Gasteiger partial charge in [0.05, 0.1) is 0 Å². The van der Waals surface area contributed by atoms with Gasteiger partial charge in [0.1, 0.15) is 0 Å². The molecule has 3 fully saturated rings. The highest BCUT2D eigenvalue weighted by atomic mass is 79.9. The van der Waals surface area contributed by atoms with Gasteiger partial charge in [0.25, 0.3) is 5.28 Å². The first-order valence-corrected chi connectivity index (χ1v) is 9.94. The van der Waals surface area contributed by atoms with Crippen molar-refractivity contribution in [2.75, 3.05) is 5.32 Å². The number of rotatable bonds is 4. The molecule has 2 saturated carbocycles. The third-order valence-electron chi connectivity index (χ3n) is 4.71. The smallest absolute Gasteiger partial charge is 0.306 e. The van der Waals surface area contributed by atoms with Crippen LogP contribution in [0, 0.1) is 11.8 Å². The highest BCUT2D eigenvalue weighted by molar-refractivity contribution is 9.10. The second-order valence-electron chi connectivity index (χ2n) is 6.46. The van der Waals surface area contributed by atoms with E-state index in [4.69, 9.17) is 0 Å². The zero-order valence-corrected chi connectivity index (χ0v) is 15.3. The summed E-state index contributed by atoms with van der Waals surface area (Å²) >= 11 is 3.32. The third-order valence-corrected chi connectivity index (χ3v) is 7.36. The average Bonchev–Trinajstić information content (AvgIpc) is 3.44. The Balaban J connectivity index is 1.46. The zero-order chi connectivity index (χ0) is 16.9. The number of nitrogens with zero attached hydrogens (tertiary/aromatic N) is 1. The number of anilines is 1. The minimum atomic E-state index is -2.04. The third kappa shape index (κ3) is 2.67. The van der Waals surface area contributed by atoms with Crippen LogP contribution in [0.1, 0.15) is 25.7 Å². The molecule has 0 aromatic heterocycles. The van der Waals surface area contributed by atoms with Crippen molar-refractivity contribution in [1.29, 1.82) is 0 Å². The van der Waals surface area contributed by atoms with Crippen molar-refractivity contribution in [1.82, 2.24) is 15.5 Å². The van der Waals surface area contributed by atoms with E-state index in [2.05, 4.69) is 32.0 Å². The van der Waals surface area contributed by atoms with Crippen molar-refractivity contribution in [3.63, 3.8) is 0 Å². The van der Waals surface area contributed by atoms with Crippen LogP contribution in [-0.4, -0.2) is 22.1 Å². The van der Waals surface area contributed by atoms with Gasteiger partial charge in [0.2, 0.25) is 0 Å². The molecule has 1 unspecified atom stereocenters. The predicted molar refractivity (Wildman–Crippen MR) is 92.5 cm³/mol. The van der Waals surface area contributed by atoms with Crippen molar-refractivity contribution in [3.05, 3.63) is 28.7 Å². The molecule has 1 aromatic carbocycles. The fraction of sp³-hybridized carbons (Fsp3) is 0.467. The Labute approximate surface area is 148 Å². The van der Waals surface area contributed by atoms with E-state index in [0.29, 0.717) is 5.69 Å². The Morgan fingerprint density at radius 1 is 1.21 bits per heavy atom. The maximum atomic E-state index is 13.0. The first-order valence-electron chi connectivity index (χ1n) is 7.93. The van der Waals surface area contributed by atoms with Gasteiger partial charge in [-0.05, 0) is 59.3 Å². The fourth-order valence-electron chi connectivity index (χ4n) is 3.30. The molecule has 0 bridgehead atoms. The van der Waals surface area contributed by atoms with Crippen LogP contribution in [0.5, 0.6) is 0 Å². The highest BCUT2D eigenvalue weighted by Gasteiger charge is 2.75. The molecule has 24 heavy (non-hydrogen) atoms. The molecule has 1 aliphatic heterocycles. The molecular weight excluding hydrogens is 395 g/mol. The van der Waals surface area contributed by atoms with Gasteiger partial charge < -0.3 is 5.32 Å². The van der Waals surface area contributed by atoms with Crippen LogP contribution >= 0.6 is 23.9 Å². The number of hydrogen-bond acceptors (Lipinski definition) is 3. The molecule has 3 aliphatic rings. The Hall–Kier alpha value is -1.66. The molecular formula is C15H17BrN4O3P+. The molecule has 4 rings (SSSR count). The van der Waals surface area contributed by atoms with Gasteiger partial charge in [0, 0.05) is 22.0 Å². The molecule has 1 heterocycles. The lowest BCUT2D eigenvalue weighted by molar-refractivity contribution is 0.208. The van der Waals surface area contributed by atoms with E-state index in [1.807, 2.05) is 0 Å². The maximum Gasteiger partial charge on any atom is 0.515 e. The standard InChI is InChI=1S/C15H16BrN4O3P/c16-11-5-7-12(8-6-11)17-13(21)19-20-14(22)18-15(24(20)23,9-1-2-9)10-3-4-10/h5-10H,1-4H2,(H2-,17,18,19,21,22)/p+1. The molecule has 7 nitrogen and oxygen atoms in total. The first kappa shape index (κ1) is 15.8. The molecule has 3 N–H and O–H groups in total. The second-order valence-corrected chi connectivity index (χ2v) is 9.06. The van der Waals surface area contributed by atoms with Crippen LogP contribution in [-0.2, 0) is 4.57 Å². The van der Waals surface area contributed by atoms with Crippen molar-refractivity contribution in [3.8, 4) is 0 Å². The molecule has 126 valence electrons. The zero-order valence-electron chi connectivity index (χ0n) is 12.8. The second kappa shape index (κ2) is 5.70. The van der Waals surface area contributed by atoms with Gasteiger partial charge in [-0.3, -0.25) is 5.32 Å². The van der Waals surface area contributed by atoms with Crippen molar-refractivity contribution >= 4 is 41.6 Å². The SMILES string of the molecule is O=C(Nc1ccc(Br)cc1)NN1C(=O)NC(C2CC2)(C2CC2)[P+]1=O. The van der Waals surface area contributed by atoms with Gasteiger partial charge in [0.15, 0.2) is 0 Å². The summed E-state index contributed by atoms with van der Waals surface area (Å²) in [6.07, 6.45) is 3.93. The summed E-state index contributed by atoms with van der Waals surface area (Å²) in [6.45, 7) is 0.